The van der Waals surface area contributed by atoms with Crippen molar-refractivity contribution in [3.63, 3.8) is 0 Å². The van der Waals surface area contributed by atoms with Crippen molar-refractivity contribution in [2.75, 3.05) is 12.0 Å². The summed E-state index contributed by atoms with van der Waals surface area (Å²) in [6.07, 6.45) is 1.76. The van der Waals surface area contributed by atoms with Crippen LogP contribution in [0, 0.1) is 5.95 Å². The molecule has 0 bridgehead atoms. The van der Waals surface area contributed by atoms with Gasteiger partial charge in [-0.15, -0.1) is 0 Å². The monoisotopic (exact) mass is 304 g/mol. The first-order valence-electron chi connectivity index (χ1n) is 5.52. The Labute approximate surface area is 114 Å². The molecule has 0 spiro atoms. The number of carbonyl (C=O) groups excluding carboxylic acids is 1. The number of hydrogen-bond donors (Lipinski definition) is 2. The molecule has 0 aliphatic rings. The van der Waals surface area contributed by atoms with Crippen LogP contribution in [0.3, 0.4) is 0 Å². The van der Waals surface area contributed by atoms with Gasteiger partial charge in [-0.3, -0.25) is 4.79 Å². The summed E-state index contributed by atoms with van der Waals surface area (Å²) in [5.41, 5.74) is -0.0943. The van der Waals surface area contributed by atoms with E-state index in [0.717, 1.165) is 18.5 Å². The predicted molar refractivity (Wildman–Crippen MR) is 67.4 cm³/mol. The van der Waals surface area contributed by atoms with E-state index in [2.05, 4.69) is 10.3 Å². The summed E-state index contributed by atoms with van der Waals surface area (Å²) in [4.78, 5) is 25.9. The number of nitrogens with zero attached hydrogens (tertiary/aromatic N) is 1. The van der Waals surface area contributed by atoms with Gasteiger partial charge in [-0.05, 0) is 12.5 Å². The zero-order chi connectivity index (χ0) is 15.3. The molecule has 110 valence electrons. The summed E-state index contributed by atoms with van der Waals surface area (Å²) in [6, 6.07) is 0.701. The van der Waals surface area contributed by atoms with Crippen LogP contribution in [0.4, 0.5) is 4.39 Å². The molecule has 1 aromatic heterocycles. The molecule has 1 aromatic rings. The van der Waals surface area contributed by atoms with Gasteiger partial charge in [-0.2, -0.15) is 4.39 Å². The van der Waals surface area contributed by atoms with Crippen molar-refractivity contribution in [3.05, 3.63) is 29.8 Å². The maximum atomic E-state index is 12.8. The SMILES string of the molecule is CS(=O)(=O)CCC(NC(=O)c1ccnc(F)c1)C(=O)O. The number of carboxylic acid groups (broad SMARTS) is 1. The zero-order valence-corrected chi connectivity index (χ0v) is 11.4. The second-order valence-corrected chi connectivity index (χ2v) is 6.41. The lowest BCUT2D eigenvalue weighted by atomic mass is 10.2. The Morgan fingerprint density at radius 2 is 2.15 bits per heavy atom. The van der Waals surface area contributed by atoms with Gasteiger partial charge in [-0.25, -0.2) is 18.2 Å². The standard InChI is InChI=1S/C11H13FN2O5S/c1-20(18,19)5-3-8(11(16)17)14-10(15)7-2-4-13-9(12)6-7/h2,4,6,8H,3,5H2,1H3,(H,14,15)(H,16,17). The first-order chi connectivity index (χ1) is 9.19. The molecule has 1 heterocycles. The van der Waals surface area contributed by atoms with Crippen molar-refractivity contribution < 1.29 is 27.5 Å². The van der Waals surface area contributed by atoms with Gasteiger partial charge in [0.05, 0.1) is 5.75 Å². The van der Waals surface area contributed by atoms with Crippen LogP contribution in [0.2, 0.25) is 0 Å². The zero-order valence-electron chi connectivity index (χ0n) is 10.5. The Balaban J connectivity index is 2.75. The smallest absolute Gasteiger partial charge is 0.326 e. The Morgan fingerprint density at radius 1 is 1.50 bits per heavy atom. The molecule has 1 amide bonds. The number of sulfone groups is 1. The van der Waals surface area contributed by atoms with Gasteiger partial charge in [0.1, 0.15) is 15.9 Å². The first kappa shape index (κ1) is 16.0. The molecule has 1 atom stereocenters. The summed E-state index contributed by atoms with van der Waals surface area (Å²) < 4.78 is 34.8. The topological polar surface area (TPSA) is 113 Å². The number of pyridine rings is 1. The van der Waals surface area contributed by atoms with Crippen molar-refractivity contribution in [3.8, 4) is 0 Å². The fourth-order valence-corrected chi connectivity index (χ4v) is 2.04. The summed E-state index contributed by atoms with van der Waals surface area (Å²) in [5, 5.41) is 11.1. The molecule has 0 radical (unpaired) electrons. The van der Waals surface area contributed by atoms with Crippen molar-refractivity contribution in [1.29, 1.82) is 0 Å². The number of amides is 1. The highest BCUT2D eigenvalue weighted by molar-refractivity contribution is 7.90. The van der Waals surface area contributed by atoms with Crippen molar-refractivity contribution >= 4 is 21.7 Å². The third kappa shape index (κ3) is 5.31. The number of carbonyl (C=O) groups is 2. The number of nitrogens with one attached hydrogen (secondary N) is 1. The average molecular weight is 304 g/mol. The quantitative estimate of drug-likeness (QED) is 0.706. The highest BCUT2D eigenvalue weighted by Gasteiger charge is 2.22. The van der Waals surface area contributed by atoms with Gasteiger partial charge in [0.25, 0.3) is 5.91 Å². The van der Waals surface area contributed by atoms with Gasteiger partial charge < -0.3 is 10.4 Å². The van der Waals surface area contributed by atoms with Gasteiger partial charge in [0, 0.05) is 24.1 Å². The Hall–Kier alpha value is -2.03. The van der Waals surface area contributed by atoms with E-state index in [1.165, 1.54) is 6.07 Å². The Morgan fingerprint density at radius 3 is 2.65 bits per heavy atom. The lowest BCUT2D eigenvalue weighted by Crippen LogP contribution is -2.41. The third-order valence-corrected chi connectivity index (χ3v) is 3.35. The molecule has 1 rings (SSSR count). The maximum absolute atomic E-state index is 12.8. The largest absolute Gasteiger partial charge is 0.480 e. The van der Waals surface area contributed by atoms with Crippen molar-refractivity contribution in [2.45, 2.75) is 12.5 Å². The molecule has 2 N–H and O–H groups in total. The van der Waals surface area contributed by atoms with Crippen LogP contribution in [0.25, 0.3) is 0 Å². The molecule has 1 unspecified atom stereocenters. The molecule has 20 heavy (non-hydrogen) atoms. The van der Waals surface area contributed by atoms with Crippen LogP contribution in [0.15, 0.2) is 18.3 Å². The van der Waals surface area contributed by atoms with E-state index in [0.29, 0.717) is 0 Å². The van der Waals surface area contributed by atoms with E-state index >= 15 is 0 Å². The summed E-state index contributed by atoms with van der Waals surface area (Å²) in [5.74, 6) is -3.43. The lowest BCUT2D eigenvalue weighted by molar-refractivity contribution is -0.139. The minimum atomic E-state index is -3.34. The van der Waals surface area contributed by atoms with Crippen LogP contribution in [0.5, 0.6) is 0 Å². The molecule has 0 fully saturated rings. The van der Waals surface area contributed by atoms with Gasteiger partial charge in [-0.1, -0.05) is 0 Å². The van der Waals surface area contributed by atoms with Gasteiger partial charge >= 0.3 is 5.97 Å². The summed E-state index contributed by atoms with van der Waals surface area (Å²) >= 11 is 0. The molecule has 0 saturated carbocycles. The maximum Gasteiger partial charge on any atom is 0.326 e. The van der Waals surface area contributed by atoms with Gasteiger partial charge in [0.2, 0.25) is 5.95 Å². The second-order valence-electron chi connectivity index (χ2n) is 4.15. The van der Waals surface area contributed by atoms with E-state index in [9.17, 15) is 22.4 Å². The summed E-state index contributed by atoms with van der Waals surface area (Å²) in [6.45, 7) is 0. The van der Waals surface area contributed by atoms with E-state index < -0.39 is 33.7 Å². The molecular weight excluding hydrogens is 291 g/mol. The fourth-order valence-electron chi connectivity index (χ4n) is 1.37. The molecule has 0 aliphatic carbocycles. The van der Waals surface area contributed by atoms with Crippen LogP contribution < -0.4 is 5.32 Å². The molecule has 7 nitrogen and oxygen atoms in total. The molecular formula is C11H13FN2O5S. The minimum Gasteiger partial charge on any atom is -0.480 e. The Bertz CT molecular complexity index is 617. The van der Waals surface area contributed by atoms with Crippen molar-refractivity contribution in [2.24, 2.45) is 0 Å². The average Bonchev–Trinajstić information content (AvgIpc) is 2.32. The molecule has 0 aliphatic heterocycles. The van der Waals surface area contributed by atoms with E-state index in [4.69, 9.17) is 5.11 Å². The molecule has 0 aromatic carbocycles. The highest BCUT2D eigenvalue weighted by atomic mass is 32.2. The van der Waals surface area contributed by atoms with Gasteiger partial charge in [0.15, 0.2) is 0 Å². The number of hydrogen-bond acceptors (Lipinski definition) is 5. The number of halogens is 1. The fraction of sp³-hybridized carbons (Fsp3) is 0.364. The number of aliphatic carboxylic acids is 1. The summed E-state index contributed by atoms with van der Waals surface area (Å²) in [7, 11) is -3.34. The number of aromatic nitrogens is 1. The number of carboxylic acids is 1. The predicted octanol–water partition coefficient (Wildman–Crippen LogP) is -0.162. The van der Waals surface area contributed by atoms with Crippen LogP contribution in [-0.2, 0) is 14.6 Å². The molecule has 0 saturated heterocycles. The minimum absolute atomic E-state index is 0.0943. The molecule has 9 heteroatoms. The number of rotatable bonds is 6. The van der Waals surface area contributed by atoms with Crippen LogP contribution in [0.1, 0.15) is 16.8 Å². The third-order valence-electron chi connectivity index (χ3n) is 2.37. The highest BCUT2D eigenvalue weighted by Crippen LogP contribution is 2.03. The first-order valence-corrected chi connectivity index (χ1v) is 7.58. The van der Waals surface area contributed by atoms with E-state index in [-0.39, 0.29) is 17.7 Å². The van der Waals surface area contributed by atoms with E-state index in [1.54, 1.807) is 0 Å². The second kappa shape index (κ2) is 6.42. The lowest BCUT2D eigenvalue weighted by Gasteiger charge is -2.13. The van der Waals surface area contributed by atoms with Crippen molar-refractivity contribution in [1.82, 2.24) is 10.3 Å². The normalized spacial score (nSPS) is 12.7. The van der Waals surface area contributed by atoms with Crippen LogP contribution >= 0.6 is 0 Å². The van der Waals surface area contributed by atoms with E-state index in [1.807, 2.05) is 0 Å². The van der Waals surface area contributed by atoms with Crippen LogP contribution in [-0.4, -0.2) is 48.4 Å². The Kier molecular flexibility index (Phi) is 5.14.